The van der Waals surface area contributed by atoms with Gasteiger partial charge in [0.25, 0.3) is 5.83 Å². The summed E-state index contributed by atoms with van der Waals surface area (Å²) in [5.41, 5.74) is 0. The molecule has 0 aromatic rings. The van der Waals surface area contributed by atoms with Crippen molar-refractivity contribution in [3.63, 3.8) is 0 Å². The fraction of sp³-hybridized carbons (Fsp3) is 0.538. The van der Waals surface area contributed by atoms with E-state index in [-0.39, 0.29) is 23.7 Å². The number of hydrogen-bond acceptors (Lipinski definition) is 3. The zero-order valence-electron chi connectivity index (χ0n) is 12.8. The molecule has 2 unspecified atom stereocenters. The van der Waals surface area contributed by atoms with E-state index in [1.165, 1.54) is 0 Å². The van der Waals surface area contributed by atoms with Gasteiger partial charge >= 0.3 is 12.3 Å². The van der Waals surface area contributed by atoms with Crippen molar-refractivity contribution in [1.29, 1.82) is 0 Å². The van der Waals surface area contributed by atoms with Gasteiger partial charge in [0.05, 0.1) is 11.8 Å². The molecule has 154 valence electrons. The molecule has 14 heteroatoms. The second kappa shape index (κ2) is 9.47. The van der Waals surface area contributed by atoms with E-state index >= 15 is 0 Å². The molecule has 2 aliphatic rings. The molecule has 0 spiro atoms. The van der Waals surface area contributed by atoms with Crippen molar-refractivity contribution in [1.82, 2.24) is 4.31 Å². The smallest absolute Gasteiger partial charge is 0.273 e. The summed E-state index contributed by atoms with van der Waals surface area (Å²) < 4.78 is 64.2. The zero-order valence-corrected chi connectivity index (χ0v) is 16.6. The first kappa shape index (κ1) is 24.7. The fourth-order valence-electron chi connectivity index (χ4n) is 2.13. The van der Waals surface area contributed by atoms with Crippen molar-refractivity contribution in [3.8, 4) is 0 Å². The van der Waals surface area contributed by atoms with Crippen molar-refractivity contribution in [2.75, 3.05) is 0 Å². The maximum atomic E-state index is 12.1. The van der Waals surface area contributed by atoms with E-state index in [1.807, 2.05) is 12.2 Å². The predicted octanol–water partition coefficient (Wildman–Crippen LogP) is 6.15. The molecule has 0 aromatic carbocycles. The molecule has 1 saturated heterocycles. The summed E-state index contributed by atoms with van der Waals surface area (Å²) in [5.74, 6) is -4.52. The average Bonchev–Trinajstić information content (AvgIpc) is 2.79. The first-order valence-corrected chi connectivity index (χ1v) is 9.26. The zero-order chi connectivity index (χ0) is 21.2. The summed E-state index contributed by atoms with van der Waals surface area (Å²) in [7, 11) is 0. The van der Waals surface area contributed by atoms with E-state index in [0.29, 0.717) is 24.8 Å². The Bertz CT molecular complexity index is 625. The maximum absolute atomic E-state index is 12.1. The summed E-state index contributed by atoms with van der Waals surface area (Å²) in [6, 6.07) is 0. The highest BCUT2D eigenvalue weighted by Gasteiger charge is 2.51. The highest BCUT2D eigenvalue weighted by Crippen LogP contribution is 2.48. The number of carbonyl (C=O) groups excluding carboxylic acids is 2. The van der Waals surface area contributed by atoms with Gasteiger partial charge in [0, 0.05) is 11.9 Å². The van der Waals surface area contributed by atoms with Gasteiger partial charge in [-0.3, -0.25) is 9.59 Å². The van der Waals surface area contributed by atoms with Crippen LogP contribution in [0.1, 0.15) is 12.8 Å². The van der Waals surface area contributed by atoms with Crippen molar-refractivity contribution in [2.24, 2.45) is 11.8 Å². The van der Waals surface area contributed by atoms with Gasteiger partial charge in [0.15, 0.2) is 4.84 Å². The second-order valence-electron chi connectivity index (χ2n) is 5.15. The number of amides is 2. The molecule has 2 rings (SSSR count). The minimum absolute atomic E-state index is 0.279. The van der Waals surface area contributed by atoms with E-state index in [9.17, 15) is 35.9 Å². The van der Waals surface area contributed by atoms with E-state index < -0.39 is 26.6 Å². The predicted molar refractivity (Wildman–Crippen MR) is 91.1 cm³/mol. The Morgan fingerprint density at radius 3 is 1.70 bits per heavy atom. The van der Waals surface area contributed by atoms with E-state index in [1.54, 1.807) is 0 Å². The number of hydrogen-bond donors (Lipinski definition) is 0. The second-order valence-corrected chi connectivity index (χ2v) is 9.27. The first-order chi connectivity index (χ1) is 12.2. The number of allylic oxidation sites excluding steroid dienone is 3. The quantitative estimate of drug-likeness (QED) is 0.154. The summed E-state index contributed by atoms with van der Waals surface area (Å²) >= 11 is 23.7. The monoisotopic (exact) mass is 497 g/mol. The molecule has 0 aromatic heterocycles. The molecule has 0 N–H and O–H groups in total. The Morgan fingerprint density at radius 2 is 1.44 bits per heavy atom. The third kappa shape index (κ3) is 6.35. The molecule has 27 heavy (non-hydrogen) atoms. The third-order valence-corrected chi connectivity index (χ3v) is 6.58. The van der Waals surface area contributed by atoms with Crippen LogP contribution in [0.4, 0.5) is 26.3 Å². The van der Waals surface area contributed by atoms with Crippen molar-refractivity contribution in [2.45, 2.75) is 27.5 Å². The average molecular weight is 499 g/mol. The SMILES string of the molecule is FC(F)=C(F)C(F)(F)F.O=C1C2CC=CCC2C(=O)N1SC(Cl)(Cl)C(Cl)Cl. The van der Waals surface area contributed by atoms with Crippen LogP contribution in [-0.2, 0) is 9.59 Å². The number of fused-ring (bicyclic) bond motifs is 1. The van der Waals surface area contributed by atoms with Gasteiger partial charge in [0.2, 0.25) is 15.5 Å². The van der Waals surface area contributed by atoms with Crippen LogP contribution in [0.3, 0.4) is 0 Å². The summed E-state index contributed by atoms with van der Waals surface area (Å²) in [6.07, 6.45) is -3.96. The number of imide groups is 1. The van der Waals surface area contributed by atoms with Gasteiger partial charge in [-0.15, -0.1) is 23.2 Å². The lowest BCUT2D eigenvalue weighted by molar-refractivity contribution is -0.133. The first-order valence-electron chi connectivity index (χ1n) is 6.86. The van der Waals surface area contributed by atoms with Crippen LogP contribution in [0.15, 0.2) is 24.1 Å². The molecular weight excluding hydrogens is 490 g/mol. The lowest BCUT2D eigenvalue weighted by Gasteiger charge is -2.24. The van der Waals surface area contributed by atoms with E-state index in [4.69, 9.17) is 46.4 Å². The van der Waals surface area contributed by atoms with Crippen LogP contribution < -0.4 is 0 Å². The minimum atomic E-state index is -5.56. The fourth-order valence-corrected chi connectivity index (χ4v) is 3.56. The van der Waals surface area contributed by atoms with Crippen LogP contribution in [-0.4, -0.2) is 30.8 Å². The normalized spacial score (nSPS) is 22.6. The largest absolute Gasteiger partial charge is 0.448 e. The molecule has 1 fully saturated rings. The highest BCUT2D eigenvalue weighted by molar-refractivity contribution is 8.02. The van der Waals surface area contributed by atoms with Gasteiger partial charge in [-0.2, -0.15) is 26.3 Å². The van der Waals surface area contributed by atoms with Crippen LogP contribution in [0.5, 0.6) is 0 Å². The lowest BCUT2D eigenvalue weighted by Crippen LogP contribution is -2.31. The molecule has 0 bridgehead atoms. The van der Waals surface area contributed by atoms with Gasteiger partial charge < -0.3 is 0 Å². The molecule has 2 amide bonds. The molecular formula is C13H9Cl4F6NO2S. The van der Waals surface area contributed by atoms with Gasteiger partial charge in [-0.25, -0.2) is 4.31 Å². The third-order valence-electron chi connectivity index (χ3n) is 3.35. The van der Waals surface area contributed by atoms with Crippen molar-refractivity contribution >= 4 is 70.2 Å². The minimum Gasteiger partial charge on any atom is -0.273 e. The summed E-state index contributed by atoms with van der Waals surface area (Å²) in [5, 5.41) is 0. The van der Waals surface area contributed by atoms with Crippen LogP contribution >= 0.6 is 58.4 Å². The molecule has 1 aliphatic heterocycles. The molecule has 0 radical (unpaired) electrons. The Labute approximate surface area is 173 Å². The summed E-state index contributed by atoms with van der Waals surface area (Å²) in [6.45, 7) is 0. The molecule has 3 nitrogen and oxygen atoms in total. The number of halogens is 10. The summed E-state index contributed by atoms with van der Waals surface area (Å²) in [4.78, 5) is 23.1. The Kier molecular flexibility index (Phi) is 8.68. The van der Waals surface area contributed by atoms with E-state index in [0.717, 1.165) is 4.31 Å². The number of rotatable bonds is 3. The highest BCUT2D eigenvalue weighted by atomic mass is 35.5. The van der Waals surface area contributed by atoms with Crippen molar-refractivity contribution < 1.29 is 35.9 Å². The van der Waals surface area contributed by atoms with Gasteiger partial charge in [-0.05, 0) is 12.8 Å². The van der Waals surface area contributed by atoms with Crippen molar-refractivity contribution in [3.05, 3.63) is 24.1 Å². The van der Waals surface area contributed by atoms with Crippen LogP contribution in [0, 0.1) is 11.8 Å². The number of carbonyl (C=O) groups is 2. The Hall–Kier alpha value is -0.290. The topological polar surface area (TPSA) is 37.4 Å². The number of nitrogens with zero attached hydrogens (tertiary/aromatic N) is 1. The lowest BCUT2D eigenvalue weighted by atomic mass is 9.85. The Balaban J connectivity index is 0.000000345. The van der Waals surface area contributed by atoms with E-state index in [2.05, 4.69) is 0 Å². The molecule has 1 aliphatic carbocycles. The number of alkyl halides is 7. The van der Waals surface area contributed by atoms with Crippen LogP contribution in [0.25, 0.3) is 0 Å². The Morgan fingerprint density at radius 1 is 1.04 bits per heavy atom. The standard InChI is InChI=1S/C10H9Cl4NO2S.C3F6/c11-9(12)10(13,14)18-15-7(16)5-3-1-2-4-6(5)8(15)17;4-1(2(5)6)3(7,8)9/h1-2,5-6,9H,3-4H2;. The van der Waals surface area contributed by atoms with Gasteiger partial charge in [-0.1, -0.05) is 35.4 Å². The molecule has 2 atom stereocenters. The molecule has 1 heterocycles. The maximum Gasteiger partial charge on any atom is 0.448 e. The molecule has 0 saturated carbocycles. The van der Waals surface area contributed by atoms with Gasteiger partial charge in [0.1, 0.15) is 0 Å². The van der Waals surface area contributed by atoms with Crippen LogP contribution in [0.2, 0.25) is 0 Å².